The summed E-state index contributed by atoms with van der Waals surface area (Å²) in [5.74, 6) is 0.421. The molecule has 0 amide bonds. The van der Waals surface area contributed by atoms with Crippen LogP contribution in [-0.4, -0.2) is 19.3 Å². The maximum absolute atomic E-state index is 13.3. The van der Waals surface area contributed by atoms with E-state index in [1.165, 1.54) is 12.1 Å². The van der Waals surface area contributed by atoms with Gasteiger partial charge in [0.2, 0.25) is 0 Å². The zero-order valence-electron chi connectivity index (χ0n) is 11.8. The third-order valence-electron chi connectivity index (χ3n) is 3.26. The molecule has 0 aliphatic rings. The normalized spacial score (nSPS) is 12.1. The standard InChI is InChI=1S/C16H18FNO2/c1-11(19)15-10-12(17)4-9-16(15)18(2)13-5-7-14(20-3)8-6-13/h4-11,19H,1-3H3/t11-/m0/s1. The zero-order valence-corrected chi connectivity index (χ0v) is 11.8. The van der Waals surface area contributed by atoms with E-state index in [1.807, 2.05) is 36.2 Å². The van der Waals surface area contributed by atoms with Crippen molar-refractivity contribution in [3.8, 4) is 5.75 Å². The average molecular weight is 275 g/mol. The molecule has 0 aliphatic heterocycles. The van der Waals surface area contributed by atoms with Crippen LogP contribution in [0.25, 0.3) is 0 Å². The van der Waals surface area contributed by atoms with Crippen LogP contribution in [0.5, 0.6) is 5.75 Å². The molecule has 0 heterocycles. The Morgan fingerprint density at radius 3 is 2.35 bits per heavy atom. The summed E-state index contributed by atoms with van der Waals surface area (Å²) in [5, 5.41) is 9.79. The van der Waals surface area contributed by atoms with Gasteiger partial charge in [0.1, 0.15) is 11.6 Å². The van der Waals surface area contributed by atoms with Gasteiger partial charge in [0.25, 0.3) is 0 Å². The number of hydrogen-bond donors (Lipinski definition) is 1. The van der Waals surface area contributed by atoms with Gasteiger partial charge in [0, 0.05) is 24.0 Å². The molecule has 0 saturated heterocycles. The molecule has 0 unspecified atom stereocenters. The maximum Gasteiger partial charge on any atom is 0.123 e. The van der Waals surface area contributed by atoms with Gasteiger partial charge in [-0.15, -0.1) is 0 Å². The molecule has 4 heteroatoms. The van der Waals surface area contributed by atoms with Gasteiger partial charge < -0.3 is 14.7 Å². The fourth-order valence-electron chi connectivity index (χ4n) is 2.11. The number of aliphatic hydroxyl groups excluding tert-OH is 1. The Hall–Kier alpha value is -2.07. The second kappa shape index (κ2) is 5.92. The van der Waals surface area contributed by atoms with Crippen LogP contribution in [0.4, 0.5) is 15.8 Å². The van der Waals surface area contributed by atoms with E-state index >= 15 is 0 Å². The van der Waals surface area contributed by atoms with Crippen LogP contribution in [-0.2, 0) is 0 Å². The van der Waals surface area contributed by atoms with E-state index in [4.69, 9.17) is 4.74 Å². The number of methoxy groups -OCH3 is 1. The van der Waals surface area contributed by atoms with Gasteiger partial charge in [-0.1, -0.05) is 0 Å². The highest BCUT2D eigenvalue weighted by Gasteiger charge is 2.14. The third-order valence-corrected chi connectivity index (χ3v) is 3.26. The van der Waals surface area contributed by atoms with Crippen molar-refractivity contribution in [2.24, 2.45) is 0 Å². The summed E-state index contributed by atoms with van der Waals surface area (Å²) in [5.41, 5.74) is 2.26. The fraction of sp³-hybridized carbons (Fsp3) is 0.250. The van der Waals surface area contributed by atoms with Crippen LogP contribution in [0.15, 0.2) is 42.5 Å². The number of anilines is 2. The Kier molecular flexibility index (Phi) is 4.25. The van der Waals surface area contributed by atoms with Gasteiger partial charge in [-0.05, 0) is 49.4 Å². The Balaban J connectivity index is 2.39. The molecule has 0 radical (unpaired) electrons. The highest BCUT2D eigenvalue weighted by molar-refractivity contribution is 5.66. The molecule has 2 aromatic rings. The lowest BCUT2D eigenvalue weighted by Gasteiger charge is -2.24. The lowest BCUT2D eigenvalue weighted by Crippen LogP contribution is -2.13. The van der Waals surface area contributed by atoms with Crippen molar-refractivity contribution in [2.45, 2.75) is 13.0 Å². The number of hydrogen-bond acceptors (Lipinski definition) is 3. The van der Waals surface area contributed by atoms with E-state index in [-0.39, 0.29) is 5.82 Å². The van der Waals surface area contributed by atoms with Crippen LogP contribution >= 0.6 is 0 Å². The molecule has 106 valence electrons. The Morgan fingerprint density at radius 1 is 1.15 bits per heavy atom. The number of aliphatic hydroxyl groups is 1. The van der Waals surface area contributed by atoms with Crippen molar-refractivity contribution < 1.29 is 14.2 Å². The minimum absolute atomic E-state index is 0.354. The summed E-state index contributed by atoms with van der Waals surface area (Å²) in [7, 11) is 3.49. The van der Waals surface area contributed by atoms with Gasteiger partial charge in [-0.3, -0.25) is 0 Å². The zero-order chi connectivity index (χ0) is 14.7. The highest BCUT2D eigenvalue weighted by atomic mass is 19.1. The molecule has 2 aromatic carbocycles. The minimum atomic E-state index is -0.735. The topological polar surface area (TPSA) is 32.7 Å². The molecule has 0 aromatic heterocycles. The molecule has 0 saturated carbocycles. The van der Waals surface area contributed by atoms with Gasteiger partial charge in [-0.25, -0.2) is 4.39 Å². The summed E-state index contributed by atoms with van der Waals surface area (Å²) < 4.78 is 18.5. The van der Waals surface area contributed by atoms with Gasteiger partial charge >= 0.3 is 0 Å². The molecular formula is C16H18FNO2. The number of benzene rings is 2. The highest BCUT2D eigenvalue weighted by Crippen LogP contribution is 2.32. The SMILES string of the molecule is COc1ccc(N(C)c2ccc(F)cc2[C@H](C)O)cc1. The van der Waals surface area contributed by atoms with E-state index in [1.54, 1.807) is 20.1 Å². The van der Waals surface area contributed by atoms with Crippen molar-refractivity contribution >= 4 is 11.4 Å². The van der Waals surface area contributed by atoms with Crippen LogP contribution in [0.2, 0.25) is 0 Å². The summed E-state index contributed by atoms with van der Waals surface area (Å²) in [6.07, 6.45) is -0.735. The molecule has 0 spiro atoms. The van der Waals surface area contributed by atoms with E-state index in [2.05, 4.69) is 0 Å². The van der Waals surface area contributed by atoms with Crippen molar-refractivity contribution in [1.29, 1.82) is 0 Å². The summed E-state index contributed by atoms with van der Waals surface area (Å²) in [6.45, 7) is 1.63. The predicted octanol–water partition coefficient (Wildman–Crippen LogP) is 3.66. The van der Waals surface area contributed by atoms with Crippen molar-refractivity contribution in [2.75, 3.05) is 19.1 Å². The molecule has 1 atom stereocenters. The molecular weight excluding hydrogens is 257 g/mol. The number of halogens is 1. The number of nitrogens with zero attached hydrogens (tertiary/aromatic N) is 1. The van der Waals surface area contributed by atoms with Gasteiger partial charge in [0.15, 0.2) is 0 Å². The maximum atomic E-state index is 13.3. The van der Waals surface area contributed by atoms with Crippen LogP contribution in [0, 0.1) is 5.82 Å². The van der Waals surface area contributed by atoms with Gasteiger partial charge in [-0.2, -0.15) is 0 Å². The first-order valence-electron chi connectivity index (χ1n) is 6.38. The third kappa shape index (κ3) is 2.91. The molecule has 20 heavy (non-hydrogen) atoms. The largest absolute Gasteiger partial charge is 0.497 e. The quantitative estimate of drug-likeness (QED) is 0.924. The molecule has 3 nitrogen and oxygen atoms in total. The molecule has 1 N–H and O–H groups in total. The average Bonchev–Trinajstić information content (AvgIpc) is 2.46. The smallest absolute Gasteiger partial charge is 0.123 e. The van der Waals surface area contributed by atoms with E-state index in [0.29, 0.717) is 5.56 Å². The Bertz CT molecular complexity index is 582. The second-order valence-corrected chi connectivity index (χ2v) is 4.64. The first-order chi connectivity index (χ1) is 9.52. The lowest BCUT2D eigenvalue weighted by atomic mass is 10.1. The first kappa shape index (κ1) is 14.3. The monoisotopic (exact) mass is 275 g/mol. The van der Waals surface area contributed by atoms with E-state index in [9.17, 15) is 9.50 Å². The molecule has 0 fully saturated rings. The fourth-order valence-corrected chi connectivity index (χ4v) is 2.11. The number of rotatable bonds is 4. The first-order valence-corrected chi connectivity index (χ1v) is 6.38. The Labute approximate surface area is 118 Å². The lowest BCUT2D eigenvalue weighted by molar-refractivity contribution is 0.199. The molecule has 0 aliphatic carbocycles. The van der Waals surface area contributed by atoms with E-state index in [0.717, 1.165) is 17.1 Å². The summed E-state index contributed by atoms with van der Waals surface area (Å²) in [4.78, 5) is 1.90. The van der Waals surface area contributed by atoms with Crippen LogP contribution < -0.4 is 9.64 Å². The predicted molar refractivity (Wildman–Crippen MR) is 78.1 cm³/mol. The Morgan fingerprint density at radius 2 is 1.80 bits per heavy atom. The second-order valence-electron chi connectivity index (χ2n) is 4.64. The van der Waals surface area contributed by atoms with Crippen LogP contribution in [0.1, 0.15) is 18.6 Å². The van der Waals surface area contributed by atoms with Gasteiger partial charge in [0.05, 0.1) is 13.2 Å². The van der Waals surface area contributed by atoms with Crippen molar-refractivity contribution in [1.82, 2.24) is 0 Å². The van der Waals surface area contributed by atoms with E-state index < -0.39 is 6.10 Å². The molecule has 2 rings (SSSR count). The number of ether oxygens (including phenoxy) is 1. The minimum Gasteiger partial charge on any atom is -0.497 e. The van der Waals surface area contributed by atoms with Crippen molar-refractivity contribution in [3.05, 3.63) is 53.8 Å². The van der Waals surface area contributed by atoms with Crippen LogP contribution in [0.3, 0.4) is 0 Å². The van der Waals surface area contributed by atoms with Crippen molar-refractivity contribution in [3.63, 3.8) is 0 Å². The molecule has 0 bridgehead atoms. The summed E-state index contributed by atoms with van der Waals surface area (Å²) >= 11 is 0. The summed E-state index contributed by atoms with van der Waals surface area (Å²) in [6, 6.07) is 12.0.